The maximum Gasteiger partial charge on any atom is 0.272 e. The molecule has 0 bridgehead atoms. The van der Waals surface area contributed by atoms with Gasteiger partial charge < -0.3 is 0 Å². The number of aryl methyl sites for hydroxylation is 2. The number of hydrogen-bond acceptors (Lipinski definition) is 2. The molecule has 1 amide bonds. The predicted molar refractivity (Wildman–Crippen MR) is 85.1 cm³/mol. The summed E-state index contributed by atoms with van der Waals surface area (Å²) in [7, 11) is 0. The highest BCUT2D eigenvalue weighted by atomic mass is 79.9. The van der Waals surface area contributed by atoms with Crippen LogP contribution < -0.4 is 5.43 Å². The van der Waals surface area contributed by atoms with E-state index in [1.54, 1.807) is 12.3 Å². The van der Waals surface area contributed by atoms with Crippen LogP contribution in [0.2, 0.25) is 0 Å². The van der Waals surface area contributed by atoms with E-state index in [1.807, 2.05) is 44.2 Å². The van der Waals surface area contributed by atoms with E-state index in [4.69, 9.17) is 0 Å². The molecular weight excluding hydrogens is 316 g/mol. The third-order valence-electron chi connectivity index (χ3n) is 2.91. The summed E-state index contributed by atoms with van der Waals surface area (Å²) in [4.78, 5) is 11.9. The molecule has 0 aliphatic carbocycles. The molecule has 0 fully saturated rings. The van der Waals surface area contributed by atoms with E-state index in [-0.39, 0.29) is 5.91 Å². The van der Waals surface area contributed by atoms with Crippen LogP contribution in [-0.2, 0) is 0 Å². The number of benzene rings is 2. The van der Waals surface area contributed by atoms with E-state index >= 15 is 0 Å². The lowest BCUT2D eigenvalue weighted by Crippen LogP contribution is -2.18. The second-order valence-corrected chi connectivity index (χ2v) is 5.39. The quantitative estimate of drug-likeness (QED) is 0.674. The number of hydrogen-bond donors (Lipinski definition) is 1. The molecular formula is C16H15BrN2O. The van der Waals surface area contributed by atoms with Gasteiger partial charge >= 0.3 is 0 Å². The fourth-order valence-electron chi connectivity index (χ4n) is 1.84. The Morgan fingerprint density at radius 1 is 1.20 bits per heavy atom. The number of amides is 1. The maximum atomic E-state index is 11.9. The molecule has 2 rings (SSSR count). The summed E-state index contributed by atoms with van der Waals surface area (Å²) in [6.45, 7) is 4.06. The van der Waals surface area contributed by atoms with E-state index in [1.165, 1.54) is 5.56 Å². The molecule has 0 atom stereocenters. The molecule has 0 aliphatic rings. The summed E-state index contributed by atoms with van der Waals surface area (Å²) in [5.41, 5.74) is 6.41. The first-order valence-electron chi connectivity index (χ1n) is 6.23. The van der Waals surface area contributed by atoms with E-state index in [9.17, 15) is 4.79 Å². The van der Waals surface area contributed by atoms with Gasteiger partial charge in [0.05, 0.1) is 11.8 Å². The summed E-state index contributed by atoms with van der Waals surface area (Å²) >= 11 is 3.34. The van der Waals surface area contributed by atoms with Crippen molar-refractivity contribution < 1.29 is 4.79 Å². The van der Waals surface area contributed by atoms with Crippen LogP contribution in [-0.4, -0.2) is 12.1 Å². The van der Waals surface area contributed by atoms with Crippen molar-refractivity contribution in [3.8, 4) is 0 Å². The van der Waals surface area contributed by atoms with Gasteiger partial charge in [-0.05, 0) is 53.0 Å². The van der Waals surface area contributed by atoms with Crippen LogP contribution in [0.5, 0.6) is 0 Å². The Balaban J connectivity index is 2.07. The molecule has 0 heterocycles. The third kappa shape index (κ3) is 3.54. The van der Waals surface area contributed by atoms with Crippen LogP contribution in [0.15, 0.2) is 52.0 Å². The highest BCUT2D eigenvalue weighted by molar-refractivity contribution is 9.10. The Kier molecular flexibility index (Phi) is 4.69. The monoisotopic (exact) mass is 330 g/mol. The average Bonchev–Trinajstić information content (AvgIpc) is 2.41. The molecule has 0 unspecified atom stereocenters. The van der Waals surface area contributed by atoms with Crippen molar-refractivity contribution >= 4 is 28.1 Å². The Morgan fingerprint density at radius 3 is 2.65 bits per heavy atom. The zero-order valence-corrected chi connectivity index (χ0v) is 12.9. The largest absolute Gasteiger partial charge is 0.272 e. The maximum absolute atomic E-state index is 11.9. The van der Waals surface area contributed by atoms with Crippen LogP contribution in [0.1, 0.15) is 27.0 Å². The molecule has 0 aromatic heterocycles. The molecule has 102 valence electrons. The Bertz CT molecular complexity index is 665. The van der Waals surface area contributed by atoms with Crippen LogP contribution in [0.3, 0.4) is 0 Å². The van der Waals surface area contributed by atoms with Gasteiger partial charge in [0, 0.05) is 4.47 Å². The molecule has 0 saturated carbocycles. The Morgan fingerprint density at radius 2 is 1.95 bits per heavy atom. The van der Waals surface area contributed by atoms with E-state index in [0.717, 1.165) is 15.6 Å². The van der Waals surface area contributed by atoms with Crippen LogP contribution in [0.25, 0.3) is 0 Å². The van der Waals surface area contributed by atoms with Gasteiger partial charge in [-0.3, -0.25) is 4.79 Å². The van der Waals surface area contributed by atoms with Crippen molar-refractivity contribution in [3.63, 3.8) is 0 Å². The van der Waals surface area contributed by atoms with Crippen LogP contribution in [0.4, 0.5) is 0 Å². The van der Waals surface area contributed by atoms with E-state index in [2.05, 4.69) is 32.5 Å². The molecule has 4 heteroatoms. The smallest absolute Gasteiger partial charge is 0.267 e. The third-order valence-corrected chi connectivity index (χ3v) is 3.61. The van der Waals surface area contributed by atoms with Crippen molar-refractivity contribution in [1.29, 1.82) is 0 Å². The Hall–Kier alpha value is -1.94. The lowest BCUT2D eigenvalue weighted by atomic mass is 10.1. The standard InChI is InChI=1S/C16H15BrN2O/c1-11-7-8-13(12(2)9-11)10-18-19-16(20)14-5-3-4-6-15(14)17/h3-10H,1-2H3,(H,19,20)/b18-10-. The molecule has 0 aliphatic heterocycles. The number of halogens is 1. The molecule has 0 spiro atoms. The normalized spacial score (nSPS) is 10.8. The number of carbonyl (C=O) groups is 1. The first-order valence-corrected chi connectivity index (χ1v) is 7.02. The second kappa shape index (κ2) is 6.48. The molecule has 3 nitrogen and oxygen atoms in total. The predicted octanol–water partition coefficient (Wildman–Crippen LogP) is 3.83. The highest BCUT2D eigenvalue weighted by Gasteiger charge is 2.07. The van der Waals surface area contributed by atoms with Crippen molar-refractivity contribution in [2.45, 2.75) is 13.8 Å². The number of nitrogens with zero attached hydrogens (tertiary/aromatic N) is 1. The van der Waals surface area contributed by atoms with Crippen molar-refractivity contribution in [3.05, 3.63) is 69.2 Å². The summed E-state index contributed by atoms with van der Waals surface area (Å²) in [5, 5.41) is 4.00. The Labute approximate surface area is 126 Å². The second-order valence-electron chi connectivity index (χ2n) is 4.54. The zero-order valence-electron chi connectivity index (χ0n) is 11.4. The fourth-order valence-corrected chi connectivity index (χ4v) is 2.30. The van der Waals surface area contributed by atoms with Crippen molar-refractivity contribution in [1.82, 2.24) is 5.43 Å². The molecule has 0 radical (unpaired) electrons. The minimum atomic E-state index is -0.238. The van der Waals surface area contributed by atoms with Gasteiger partial charge in [0.25, 0.3) is 5.91 Å². The van der Waals surface area contributed by atoms with Crippen LogP contribution in [0, 0.1) is 13.8 Å². The van der Waals surface area contributed by atoms with Gasteiger partial charge in [0.1, 0.15) is 0 Å². The van der Waals surface area contributed by atoms with Gasteiger partial charge in [-0.15, -0.1) is 0 Å². The minimum Gasteiger partial charge on any atom is -0.267 e. The van der Waals surface area contributed by atoms with Crippen molar-refractivity contribution in [2.24, 2.45) is 5.10 Å². The summed E-state index contributed by atoms with van der Waals surface area (Å²) in [6, 6.07) is 13.3. The summed E-state index contributed by atoms with van der Waals surface area (Å²) in [5.74, 6) is -0.238. The number of nitrogens with one attached hydrogen (secondary N) is 1. The highest BCUT2D eigenvalue weighted by Crippen LogP contribution is 2.15. The molecule has 1 N–H and O–H groups in total. The zero-order chi connectivity index (χ0) is 14.5. The topological polar surface area (TPSA) is 41.5 Å². The summed E-state index contributed by atoms with van der Waals surface area (Å²) < 4.78 is 0.749. The summed E-state index contributed by atoms with van der Waals surface area (Å²) in [6.07, 6.45) is 1.66. The van der Waals surface area contributed by atoms with Crippen LogP contribution >= 0.6 is 15.9 Å². The van der Waals surface area contributed by atoms with Crippen molar-refractivity contribution in [2.75, 3.05) is 0 Å². The average molecular weight is 331 g/mol. The number of carbonyl (C=O) groups excluding carboxylic acids is 1. The fraction of sp³-hybridized carbons (Fsp3) is 0.125. The molecule has 2 aromatic rings. The van der Waals surface area contributed by atoms with Gasteiger partial charge in [-0.2, -0.15) is 5.10 Å². The van der Waals surface area contributed by atoms with E-state index in [0.29, 0.717) is 5.56 Å². The number of hydrazone groups is 1. The first-order chi connectivity index (χ1) is 9.58. The molecule has 0 saturated heterocycles. The van der Waals surface area contributed by atoms with Gasteiger partial charge in [-0.1, -0.05) is 35.9 Å². The van der Waals surface area contributed by atoms with Gasteiger partial charge in [-0.25, -0.2) is 5.43 Å². The first kappa shape index (κ1) is 14.5. The van der Waals surface area contributed by atoms with Gasteiger partial charge in [0.2, 0.25) is 0 Å². The molecule has 2 aromatic carbocycles. The minimum absolute atomic E-state index is 0.238. The lowest BCUT2D eigenvalue weighted by Gasteiger charge is -2.03. The SMILES string of the molecule is Cc1ccc(/C=N\NC(=O)c2ccccc2Br)c(C)c1. The number of rotatable bonds is 3. The molecule has 20 heavy (non-hydrogen) atoms. The van der Waals surface area contributed by atoms with E-state index < -0.39 is 0 Å². The van der Waals surface area contributed by atoms with Gasteiger partial charge in [0.15, 0.2) is 0 Å². The lowest BCUT2D eigenvalue weighted by molar-refractivity contribution is 0.0954.